The number of hydrogen-bond acceptors (Lipinski definition) is 2. The Balaban J connectivity index is 1.76. The molecule has 2 aromatic rings. The van der Waals surface area contributed by atoms with Gasteiger partial charge in [-0.15, -0.1) is 0 Å². The molecule has 0 aliphatic rings. The summed E-state index contributed by atoms with van der Waals surface area (Å²) >= 11 is 0. The van der Waals surface area contributed by atoms with Gasteiger partial charge >= 0.3 is 0 Å². The zero-order valence-electron chi connectivity index (χ0n) is 13.6. The van der Waals surface area contributed by atoms with Crippen LogP contribution in [0.2, 0.25) is 0 Å². The molecule has 0 saturated carbocycles. The first-order chi connectivity index (χ1) is 11.0. The summed E-state index contributed by atoms with van der Waals surface area (Å²) in [6, 6.07) is 15.2. The fourth-order valence-electron chi connectivity index (χ4n) is 2.12. The largest absolute Gasteiger partial charge is 0.240 e. The Bertz CT molecular complexity index is 745. The van der Waals surface area contributed by atoms with Crippen molar-refractivity contribution < 1.29 is 8.42 Å². The zero-order chi connectivity index (χ0) is 16.7. The number of benzene rings is 2. The van der Waals surface area contributed by atoms with Gasteiger partial charge < -0.3 is 0 Å². The van der Waals surface area contributed by atoms with E-state index in [1.165, 1.54) is 5.56 Å². The second-order valence-corrected chi connectivity index (χ2v) is 7.43. The molecular weight excluding hydrogens is 306 g/mol. The third-order valence-electron chi connectivity index (χ3n) is 3.56. The highest BCUT2D eigenvalue weighted by Crippen LogP contribution is 2.10. The molecule has 2 rings (SSSR count). The van der Waals surface area contributed by atoms with Gasteiger partial charge in [0.15, 0.2) is 0 Å². The molecule has 0 aromatic heterocycles. The topological polar surface area (TPSA) is 46.2 Å². The Morgan fingerprint density at radius 3 is 2.09 bits per heavy atom. The van der Waals surface area contributed by atoms with Crippen molar-refractivity contribution in [2.24, 2.45) is 0 Å². The lowest BCUT2D eigenvalue weighted by molar-refractivity contribution is 0.579. The molecule has 0 unspecified atom stereocenters. The third-order valence-corrected chi connectivity index (χ3v) is 5.04. The highest BCUT2D eigenvalue weighted by molar-refractivity contribution is 7.89. The second kappa shape index (κ2) is 8.09. The number of rotatable bonds is 7. The van der Waals surface area contributed by atoms with Gasteiger partial charge in [-0.25, -0.2) is 13.1 Å². The minimum Gasteiger partial charge on any atom is -0.211 e. The number of allylic oxidation sites excluding steroid dienone is 1. The number of hydrogen-bond donors (Lipinski definition) is 1. The molecule has 0 saturated heterocycles. The van der Waals surface area contributed by atoms with Crippen LogP contribution in [0.1, 0.15) is 29.5 Å². The smallest absolute Gasteiger partial charge is 0.211 e. The SMILES string of the molecule is Cc1ccc(/C=C/CCCNS(=O)(=O)c2ccc(C)cc2)cc1. The molecule has 0 heterocycles. The van der Waals surface area contributed by atoms with Gasteiger partial charge in [0.25, 0.3) is 0 Å². The van der Waals surface area contributed by atoms with E-state index in [0.29, 0.717) is 11.4 Å². The summed E-state index contributed by atoms with van der Waals surface area (Å²) in [7, 11) is -3.40. The van der Waals surface area contributed by atoms with E-state index in [9.17, 15) is 8.42 Å². The van der Waals surface area contributed by atoms with Crippen molar-refractivity contribution in [2.45, 2.75) is 31.6 Å². The normalized spacial score (nSPS) is 11.9. The lowest BCUT2D eigenvalue weighted by atomic mass is 10.1. The molecule has 1 N–H and O–H groups in total. The van der Waals surface area contributed by atoms with Crippen LogP contribution < -0.4 is 4.72 Å². The number of aryl methyl sites for hydroxylation is 2. The van der Waals surface area contributed by atoms with E-state index in [-0.39, 0.29) is 0 Å². The summed E-state index contributed by atoms with van der Waals surface area (Å²) in [4.78, 5) is 0.318. The van der Waals surface area contributed by atoms with Crippen LogP contribution >= 0.6 is 0 Å². The third kappa shape index (κ3) is 5.66. The van der Waals surface area contributed by atoms with Gasteiger partial charge in [0.1, 0.15) is 0 Å². The number of nitrogens with one attached hydrogen (secondary N) is 1. The fraction of sp³-hybridized carbons (Fsp3) is 0.263. The van der Waals surface area contributed by atoms with Gasteiger partial charge in [-0.1, -0.05) is 59.7 Å². The summed E-state index contributed by atoms with van der Waals surface area (Å²) < 4.78 is 26.8. The Kier molecular flexibility index (Phi) is 6.13. The van der Waals surface area contributed by atoms with Crippen LogP contribution in [-0.4, -0.2) is 15.0 Å². The zero-order valence-corrected chi connectivity index (χ0v) is 14.4. The average Bonchev–Trinajstić information content (AvgIpc) is 2.53. The minimum absolute atomic E-state index is 0.318. The highest BCUT2D eigenvalue weighted by Gasteiger charge is 2.11. The van der Waals surface area contributed by atoms with Crippen LogP contribution in [0, 0.1) is 13.8 Å². The van der Waals surface area contributed by atoms with E-state index in [1.54, 1.807) is 24.3 Å². The van der Waals surface area contributed by atoms with Crippen LogP contribution in [-0.2, 0) is 10.0 Å². The summed E-state index contributed by atoms with van der Waals surface area (Å²) in [6.45, 7) is 4.44. The standard InChI is InChI=1S/C19H23NO2S/c1-16-7-11-18(12-8-16)6-4-3-5-15-20-23(21,22)19-13-9-17(2)10-14-19/h4,6-14,20H,3,5,15H2,1-2H3/b6-4+. The summed E-state index contributed by atoms with van der Waals surface area (Å²) in [5.41, 5.74) is 3.45. The molecule has 0 fully saturated rings. The van der Waals surface area contributed by atoms with E-state index < -0.39 is 10.0 Å². The van der Waals surface area contributed by atoms with E-state index in [2.05, 4.69) is 48.1 Å². The summed E-state index contributed by atoms with van der Waals surface area (Å²) in [5, 5.41) is 0. The fourth-order valence-corrected chi connectivity index (χ4v) is 3.20. The van der Waals surface area contributed by atoms with Gasteiger partial charge in [0.05, 0.1) is 4.90 Å². The Morgan fingerprint density at radius 1 is 0.913 bits per heavy atom. The quantitative estimate of drug-likeness (QED) is 0.778. The van der Waals surface area contributed by atoms with Crippen LogP contribution in [0.25, 0.3) is 6.08 Å². The highest BCUT2D eigenvalue weighted by atomic mass is 32.2. The lowest BCUT2D eigenvalue weighted by Crippen LogP contribution is -2.24. The average molecular weight is 329 g/mol. The first-order valence-electron chi connectivity index (χ1n) is 7.77. The first kappa shape index (κ1) is 17.4. The van der Waals surface area contributed by atoms with Crippen molar-refractivity contribution in [1.29, 1.82) is 0 Å². The number of unbranched alkanes of at least 4 members (excludes halogenated alkanes) is 1. The molecule has 0 bridgehead atoms. The Hall–Kier alpha value is -1.91. The molecule has 0 atom stereocenters. The van der Waals surface area contributed by atoms with Crippen molar-refractivity contribution in [3.63, 3.8) is 0 Å². The van der Waals surface area contributed by atoms with Gasteiger partial charge in [0, 0.05) is 6.54 Å². The van der Waals surface area contributed by atoms with Crippen LogP contribution in [0.15, 0.2) is 59.5 Å². The summed E-state index contributed by atoms with van der Waals surface area (Å²) in [5.74, 6) is 0. The van der Waals surface area contributed by atoms with E-state index in [0.717, 1.165) is 24.0 Å². The molecule has 4 heteroatoms. The molecule has 0 aliphatic carbocycles. The molecule has 0 amide bonds. The lowest BCUT2D eigenvalue weighted by Gasteiger charge is -2.06. The van der Waals surface area contributed by atoms with Crippen molar-refractivity contribution in [1.82, 2.24) is 4.72 Å². The van der Waals surface area contributed by atoms with Crippen molar-refractivity contribution >= 4 is 16.1 Å². The molecule has 0 aliphatic heterocycles. The van der Waals surface area contributed by atoms with E-state index in [1.807, 2.05) is 6.92 Å². The van der Waals surface area contributed by atoms with Crippen LogP contribution in [0.4, 0.5) is 0 Å². The maximum Gasteiger partial charge on any atom is 0.240 e. The molecular formula is C19H23NO2S. The van der Waals surface area contributed by atoms with E-state index >= 15 is 0 Å². The summed E-state index contributed by atoms with van der Waals surface area (Å²) in [6.07, 6.45) is 5.75. The van der Waals surface area contributed by atoms with Crippen LogP contribution in [0.5, 0.6) is 0 Å². The number of sulfonamides is 1. The molecule has 3 nitrogen and oxygen atoms in total. The maximum atomic E-state index is 12.1. The predicted octanol–water partition coefficient (Wildman–Crippen LogP) is 4.08. The van der Waals surface area contributed by atoms with Gasteiger partial charge in [-0.05, 0) is 44.4 Å². The van der Waals surface area contributed by atoms with Crippen molar-refractivity contribution in [3.05, 3.63) is 71.3 Å². The van der Waals surface area contributed by atoms with Crippen molar-refractivity contribution in [3.8, 4) is 0 Å². The van der Waals surface area contributed by atoms with Gasteiger partial charge in [-0.3, -0.25) is 0 Å². The second-order valence-electron chi connectivity index (χ2n) is 5.67. The van der Waals surface area contributed by atoms with Crippen molar-refractivity contribution in [2.75, 3.05) is 6.54 Å². The van der Waals surface area contributed by atoms with Crippen LogP contribution in [0.3, 0.4) is 0 Å². The molecule has 0 spiro atoms. The minimum atomic E-state index is -3.40. The first-order valence-corrected chi connectivity index (χ1v) is 9.25. The van der Waals surface area contributed by atoms with Gasteiger partial charge in [0.2, 0.25) is 10.0 Å². The Labute approximate surface area is 139 Å². The molecule has 0 radical (unpaired) electrons. The Morgan fingerprint density at radius 2 is 1.48 bits per heavy atom. The monoisotopic (exact) mass is 329 g/mol. The molecule has 2 aromatic carbocycles. The van der Waals surface area contributed by atoms with Gasteiger partial charge in [-0.2, -0.15) is 0 Å². The molecule has 122 valence electrons. The predicted molar refractivity (Wildman–Crippen MR) is 95.8 cm³/mol. The maximum absolute atomic E-state index is 12.1. The van der Waals surface area contributed by atoms with E-state index in [4.69, 9.17) is 0 Å². The molecule has 23 heavy (non-hydrogen) atoms.